The normalized spacial score (nSPS) is 26.2. The maximum atomic E-state index is 5.39. The van der Waals surface area contributed by atoms with Crippen LogP contribution in [0.15, 0.2) is 36.0 Å². The highest BCUT2D eigenvalue weighted by molar-refractivity contribution is 8.23. The maximum Gasteiger partial charge on any atom is 0.138 e. The fraction of sp³-hybridized carbons (Fsp3) is 0.400. The quantitative estimate of drug-likeness (QED) is 0.830. The van der Waals surface area contributed by atoms with Crippen molar-refractivity contribution in [3.05, 3.63) is 41.6 Å². The fourth-order valence-corrected chi connectivity index (χ4v) is 4.38. The largest absolute Gasteiger partial charge is 0.497 e. The van der Waals surface area contributed by atoms with Crippen LogP contribution >= 0.6 is 24.0 Å². The van der Waals surface area contributed by atoms with Crippen molar-refractivity contribution >= 4 is 28.3 Å². The molecule has 2 aliphatic rings. The summed E-state index contributed by atoms with van der Waals surface area (Å²) in [4.78, 5) is 0. The molecule has 1 fully saturated rings. The molecule has 0 bridgehead atoms. The summed E-state index contributed by atoms with van der Waals surface area (Å²) in [7, 11) is 1.70. The molecule has 1 N–H and O–H groups in total. The van der Waals surface area contributed by atoms with Gasteiger partial charge in [0.2, 0.25) is 0 Å². The lowest BCUT2D eigenvalue weighted by molar-refractivity contribution is 0.414. The van der Waals surface area contributed by atoms with E-state index >= 15 is 0 Å². The van der Waals surface area contributed by atoms with Crippen molar-refractivity contribution in [1.82, 2.24) is 5.32 Å². The number of allylic oxidation sites excluding steroid dienone is 2. The molecule has 1 aromatic carbocycles. The number of methoxy groups -OCH3 is 1. The second-order valence-corrected chi connectivity index (χ2v) is 6.74. The minimum absolute atomic E-state index is 0.436. The number of rotatable bonds is 2. The van der Waals surface area contributed by atoms with Gasteiger partial charge in [-0.3, -0.25) is 0 Å². The van der Waals surface area contributed by atoms with E-state index in [1.807, 2.05) is 12.1 Å². The van der Waals surface area contributed by atoms with Crippen molar-refractivity contribution in [3.63, 3.8) is 0 Å². The number of hydrogen-bond donors (Lipinski definition) is 1. The first-order chi connectivity index (χ1) is 9.28. The second kappa shape index (κ2) is 5.55. The number of thioether (sulfide) groups is 1. The van der Waals surface area contributed by atoms with Crippen molar-refractivity contribution in [1.29, 1.82) is 0 Å². The van der Waals surface area contributed by atoms with Crippen LogP contribution in [0.4, 0.5) is 0 Å². The van der Waals surface area contributed by atoms with Crippen LogP contribution in [0.2, 0.25) is 0 Å². The molecule has 0 spiro atoms. The van der Waals surface area contributed by atoms with Crippen LogP contribution in [-0.4, -0.2) is 11.4 Å². The Balaban J connectivity index is 1.90. The van der Waals surface area contributed by atoms with Gasteiger partial charge in [-0.1, -0.05) is 42.2 Å². The van der Waals surface area contributed by atoms with E-state index in [4.69, 9.17) is 17.0 Å². The summed E-state index contributed by atoms with van der Waals surface area (Å²) in [5.41, 5.74) is 2.67. The average Bonchev–Trinajstić information content (AvgIpc) is 2.46. The van der Waals surface area contributed by atoms with Crippen LogP contribution in [0.25, 0.3) is 0 Å². The van der Waals surface area contributed by atoms with Gasteiger partial charge in [0.05, 0.1) is 7.11 Å². The molecule has 0 unspecified atom stereocenters. The van der Waals surface area contributed by atoms with Gasteiger partial charge >= 0.3 is 0 Å². The lowest BCUT2D eigenvalue weighted by Crippen LogP contribution is -2.34. The molecule has 2 nitrogen and oxygen atoms in total. The Morgan fingerprint density at radius 2 is 2.11 bits per heavy atom. The maximum absolute atomic E-state index is 5.39. The van der Waals surface area contributed by atoms with Gasteiger partial charge in [-0.25, -0.2) is 0 Å². The molecule has 0 amide bonds. The van der Waals surface area contributed by atoms with Gasteiger partial charge < -0.3 is 10.1 Å². The van der Waals surface area contributed by atoms with E-state index in [0.29, 0.717) is 11.2 Å². The standard InChI is InChI=1S/C15H17NOS2/c1-17-11-8-6-10(7-9-11)14-12-4-2-3-5-13(12)16-15(18)19-14/h5-9,12,14H,2-4H2,1H3,(H,16,18)/t12-,14+/m0/s1. The van der Waals surface area contributed by atoms with Gasteiger partial charge in [0.15, 0.2) is 0 Å². The molecule has 19 heavy (non-hydrogen) atoms. The highest BCUT2D eigenvalue weighted by Crippen LogP contribution is 2.46. The lowest BCUT2D eigenvalue weighted by atomic mass is 9.86. The summed E-state index contributed by atoms with van der Waals surface area (Å²) in [5.74, 6) is 1.48. The van der Waals surface area contributed by atoms with E-state index < -0.39 is 0 Å². The Bertz CT molecular complexity index is 509. The summed E-state index contributed by atoms with van der Waals surface area (Å²) in [5, 5.41) is 3.81. The van der Waals surface area contributed by atoms with E-state index in [1.54, 1.807) is 18.9 Å². The topological polar surface area (TPSA) is 21.3 Å². The van der Waals surface area contributed by atoms with Crippen molar-refractivity contribution in [3.8, 4) is 5.75 Å². The molecular formula is C15H17NOS2. The number of thiocarbonyl (C=S) groups is 1. The van der Waals surface area contributed by atoms with Crippen LogP contribution in [-0.2, 0) is 0 Å². The summed E-state index contributed by atoms with van der Waals surface area (Å²) in [6.07, 6.45) is 6.00. The fourth-order valence-electron chi connectivity index (χ4n) is 2.80. The Morgan fingerprint density at radius 1 is 1.32 bits per heavy atom. The molecule has 1 saturated heterocycles. The molecule has 1 aliphatic heterocycles. The zero-order valence-corrected chi connectivity index (χ0v) is 12.5. The van der Waals surface area contributed by atoms with Crippen LogP contribution in [0.1, 0.15) is 30.1 Å². The smallest absolute Gasteiger partial charge is 0.138 e. The summed E-state index contributed by atoms with van der Waals surface area (Å²) in [6, 6.07) is 8.40. The molecule has 1 aromatic rings. The predicted octanol–water partition coefficient (Wildman–Crippen LogP) is 4.04. The Hall–Kier alpha value is -1.00. The monoisotopic (exact) mass is 291 g/mol. The first-order valence-corrected chi connectivity index (χ1v) is 7.88. The molecule has 0 radical (unpaired) electrons. The molecule has 4 heteroatoms. The summed E-state index contributed by atoms with van der Waals surface area (Å²) >= 11 is 7.16. The number of fused-ring (bicyclic) bond motifs is 1. The van der Waals surface area contributed by atoms with Gasteiger partial charge in [0, 0.05) is 16.9 Å². The van der Waals surface area contributed by atoms with E-state index in [-0.39, 0.29) is 0 Å². The van der Waals surface area contributed by atoms with Crippen LogP contribution in [0.5, 0.6) is 5.75 Å². The van der Waals surface area contributed by atoms with Gasteiger partial charge in [-0.05, 0) is 37.0 Å². The SMILES string of the molecule is COc1ccc([C@H]2SC(=S)NC3=CCCC[C@@H]32)cc1. The average molecular weight is 291 g/mol. The molecule has 2 atom stereocenters. The Labute approximate surface area is 123 Å². The molecule has 1 aliphatic carbocycles. The zero-order valence-electron chi connectivity index (χ0n) is 10.9. The number of nitrogens with one attached hydrogen (secondary N) is 1. The molecule has 0 saturated carbocycles. The van der Waals surface area contributed by atoms with Crippen molar-refractivity contribution < 1.29 is 4.74 Å². The zero-order chi connectivity index (χ0) is 13.2. The van der Waals surface area contributed by atoms with E-state index in [2.05, 4.69) is 23.5 Å². The van der Waals surface area contributed by atoms with Gasteiger partial charge in [0.1, 0.15) is 10.1 Å². The third-order valence-electron chi connectivity index (χ3n) is 3.77. The lowest BCUT2D eigenvalue weighted by Gasteiger charge is -2.37. The molecular weight excluding hydrogens is 274 g/mol. The Morgan fingerprint density at radius 3 is 2.84 bits per heavy atom. The number of benzene rings is 1. The van der Waals surface area contributed by atoms with Crippen LogP contribution in [0.3, 0.4) is 0 Å². The van der Waals surface area contributed by atoms with E-state index in [1.165, 1.54) is 30.5 Å². The minimum atomic E-state index is 0.436. The first-order valence-electron chi connectivity index (χ1n) is 6.59. The van der Waals surface area contributed by atoms with Gasteiger partial charge in [0.25, 0.3) is 0 Å². The third kappa shape index (κ3) is 2.65. The molecule has 100 valence electrons. The highest BCUT2D eigenvalue weighted by atomic mass is 32.2. The highest BCUT2D eigenvalue weighted by Gasteiger charge is 2.34. The van der Waals surface area contributed by atoms with Crippen LogP contribution < -0.4 is 10.1 Å². The molecule has 3 rings (SSSR count). The van der Waals surface area contributed by atoms with E-state index in [9.17, 15) is 0 Å². The Kier molecular flexibility index (Phi) is 3.80. The third-order valence-corrected chi connectivity index (χ3v) is 5.33. The minimum Gasteiger partial charge on any atom is -0.497 e. The van der Waals surface area contributed by atoms with E-state index in [0.717, 1.165) is 10.1 Å². The first kappa shape index (κ1) is 13.0. The summed E-state index contributed by atoms with van der Waals surface area (Å²) < 4.78 is 6.12. The van der Waals surface area contributed by atoms with Gasteiger partial charge in [-0.15, -0.1) is 0 Å². The van der Waals surface area contributed by atoms with Crippen molar-refractivity contribution in [2.45, 2.75) is 24.5 Å². The summed E-state index contributed by atoms with van der Waals surface area (Å²) in [6.45, 7) is 0. The van der Waals surface area contributed by atoms with Crippen LogP contribution in [0, 0.1) is 5.92 Å². The molecule has 1 heterocycles. The predicted molar refractivity (Wildman–Crippen MR) is 84.5 cm³/mol. The molecule has 0 aromatic heterocycles. The van der Waals surface area contributed by atoms with Gasteiger partial charge in [-0.2, -0.15) is 0 Å². The van der Waals surface area contributed by atoms with Crippen molar-refractivity contribution in [2.75, 3.05) is 7.11 Å². The number of ether oxygens (including phenoxy) is 1. The number of hydrogen-bond acceptors (Lipinski definition) is 3. The second-order valence-electron chi connectivity index (χ2n) is 4.92. The van der Waals surface area contributed by atoms with Crippen molar-refractivity contribution in [2.24, 2.45) is 5.92 Å².